The normalized spacial score (nSPS) is 17.7. The van der Waals surface area contributed by atoms with Gasteiger partial charge in [0.1, 0.15) is 18.1 Å². The zero-order valence-electron chi connectivity index (χ0n) is 21.3. The van der Waals surface area contributed by atoms with Crippen LogP contribution in [0, 0.1) is 6.92 Å². The van der Waals surface area contributed by atoms with Crippen molar-refractivity contribution < 1.29 is 13.2 Å². The van der Waals surface area contributed by atoms with Crippen LogP contribution in [0.4, 0.5) is 5.82 Å². The molecule has 0 saturated carbocycles. The number of aryl methyl sites for hydroxylation is 1. The van der Waals surface area contributed by atoms with E-state index < -0.39 is 18.1 Å². The summed E-state index contributed by atoms with van der Waals surface area (Å²) in [5.74, 6) is 0.702. The Morgan fingerprint density at radius 3 is 2.74 bits per heavy atom. The number of nitrogens with one attached hydrogen (secondary N) is 1. The van der Waals surface area contributed by atoms with Crippen molar-refractivity contribution in [1.82, 2.24) is 23.8 Å². The molecule has 4 heterocycles. The molecule has 1 aliphatic heterocycles. The van der Waals surface area contributed by atoms with Gasteiger partial charge in [-0.2, -0.15) is 0 Å². The Balaban J connectivity index is 1.53. The summed E-state index contributed by atoms with van der Waals surface area (Å²) in [6, 6.07) is 7.01. The highest BCUT2D eigenvalue weighted by molar-refractivity contribution is 7.88. The molecule has 4 rings (SSSR count). The van der Waals surface area contributed by atoms with E-state index >= 15 is 0 Å². The molecule has 3 aromatic heterocycles. The number of nitrogens with zero attached hydrogens (tertiary/aromatic N) is 5. The van der Waals surface area contributed by atoms with Crippen LogP contribution in [0.1, 0.15) is 18.5 Å². The number of hydrogen-bond donors (Lipinski definition) is 1. The molecule has 190 valence electrons. The average Bonchev–Trinajstić information content (AvgIpc) is 3.18. The molecule has 1 saturated heterocycles. The van der Waals surface area contributed by atoms with Crippen LogP contribution in [0.15, 0.2) is 30.6 Å². The summed E-state index contributed by atoms with van der Waals surface area (Å²) in [7, 11) is -4.34. The Morgan fingerprint density at radius 1 is 1.20 bits per heavy atom. The van der Waals surface area contributed by atoms with E-state index in [9.17, 15) is 8.42 Å². The first-order valence-electron chi connectivity index (χ1n) is 12.1. The van der Waals surface area contributed by atoms with Crippen LogP contribution in [-0.2, 0) is 21.5 Å². The first-order valence-corrected chi connectivity index (χ1v) is 17.6. The molecule has 1 unspecified atom stereocenters. The zero-order valence-corrected chi connectivity index (χ0v) is 23.1. The first-order chi connectivity index (χ1) is 16.5. The van der Waals surface area contributed by atoms with Gasteiger partial charge in [-0.15, -0.1) is 0 Å². The first kappa shape index (κ1) is 25.7. The average molecular weight is 517 g/mol. The Hall–Kier alpha value is -2.34. The Bertz CT molecular complexity index is 1290. The molecule has 3 aromatic rings. The van der Waals surface area contributed by atoms with Gasteiger partial charge in [0.25, 0.3) is 0 Å². The molecule has 11 heteroatoms. The molecule has 9 nitrogen and oxygen atoms in total. The van der Waals surface area contributed by atoms with Gasteiger partial charge < -0.3 is 14.6 Å². The number of aromatic nitrogens is 4. The van der Waals surface area contributed by atoms with Gasteiger partial charge in [0.2, 0.25) is 10.0 Å². The zero-order chi connectivity index (χ0) is 25.2. The Labute approximate surface area is 209 Å². The van der Waals surface area contributed by atoms with Gasteiger partial charge >= 0.3 is 0 Å². The van der Waals surface area contributed by atoms with Crippen LogP contribution in [-0.4, -0.2) is 72.3 Å². The van der Waals surface area contributed by atoms with Crippen molar-refractivity contribution in [3.05, 3.63) is 36.3 Å². The third-order valence-electron chi connectivity index (χ3n) is 6.19. The van der Waals surface area contributed by atoms with Crippen LogP contribution in [0.3, 0.4) is 0 Å². The third-order valence-corrected chi connectivity index (χ3v) is 9.17. The summed E-state index contributed by atoms with van der Waals surface area (Å²) in [4.78, 5) is 14.3. The summed E-state index contributed by atoms with van der Waals surface area (Å²) in [6.45, 7) is 11.2. The Kier molecular flexibility index (Phi) is 7.60. The molecule has 0 spiro atoms. The fraction of sp³-hybridized carbons (Fsp3) is 0.542. The maximum atomic E-state index is 12.0. The predicted molar refractivity (Wildman–Crippen MR) is 143 cm³/mol. The molecule has 35 heavy (non-hydrogen) atoms. The van der Waals surface area contributed by atoms with Gasteiger partial charge in [0.05, 0.1) is 18.1 Å². The molecule has 1 fully saturated rings. The molecular weight excluding hydrogens is 480 g/mol. The number of sulfonamides is 1. The van der Waals surface area contributed by atoms with E-state index in [1.807, 2.05) is 35.9 Å². The number of piperidine rings is 1. The fourth-order valence-corrected chi connectivity index (χ4v) is 5.83. The monoisotopic (exact) mass is 516 g/mol. The van der Waals surface area contributed by atoms with Gasteiger partial charge in [-0.3, -0.25) is 0 Å². The Morgan fingerprint density at radius 2 is 2.00 bits per heavy atom. The molecule has 1 N–H and O–H groups in total. The van der Waals surface area contributed by atoms with Crippen molar-refractivity contribution in [2.75, 3.05) is 31.3 Å². The highest BCUT2D eigenvalue weighted by Gasteiger charge is 2.27. The van der Waals surface area contributed by atoms with Crippen molar-refractivity contribution in [3.63, 3.8) is 0 Å². The molecule has 0 radical (unpaired) electrons. The van der Waals surface area contributed by atoms with E-state index in [0.29, 0.717) is 25.6 Å². The van der Waals surface area contributed by atoms with Crippen LogP contribution in [0.25, 0.3) is 22.4 Å². The van der Waals surface area contributed by atoms with Gasteiger partial charge in [0.15, 0.2) is 5.65 Å². The second-order valence-electron chi connectivity index (χ2n) is 10.6. The lowest BCUT2D eigenvalue weighted by atomic mass is 10.1. The minimum atomic E-state index is -3.22. The van der Waals surface area contributed by atoms with E-state index in [1.54, 1.807) is 6.20 Å². The lowest BCUT2D eigenvalue weighted by Crippen LogP contribution is -2.44. The molecule has 0 amide bonds. The minimum Gasteiger partial charge on any atom is -0.365 e. The van der Waals surface area contributed by atoms with Crippen LogP contribution < -0.4 is 5.32 Å². The molecule has 0 bridgehead atoms. The SMILES string of the molecule is Cc1ccc(-c2cnc3c(ccn3COCC[Si](C)(C)C)n2)c(NC2CCCN(S(C)(=O)=O)C2)n1. The summed E-state index contributed by atoms with van der Waals surface area (Å²) >= 11 is 0. The highest BCUT2D eigenvalue weighted by Crippen LogP contribution is 2.28. The second-order valence-corrected chi connectivity index (χ2v) is 18.2. The van der Waals surface area contributed by atoms with Gasteiger partial charge in [-0.1, -0.05) is 19.6 Å². The van der Waals surface area contributed by atoms with E-state index in [4.69, 9.17) is 14.7 Å². The maximum absolute atomic E-state index is 12.0. The molecular formula is C24H36N6O3SSi. The number of pyridine rings is 1. The van der Waals surface area contributed by atoms with E-state index in [0.717, 1.165) is 53.6 Å². The van der Waals surface area contributed by atoms with E-state index in [1.165, 1.54) is 10.6 Å². The summed E-state index contributed by atoms with van der Waals surface area (Å²) in [5.41, 5.74) is 4.03. The second kappa shape index (κ2) is 10.3. The van der Waals surface area contributed by atoms with Crippen molar-refractivity contribution in [2.24, 2.45) is 0 Å². The molecule has 1 aliphatic rings. The quantitative estimate of drug-likeness (QED) is 0.339. The number of rotatable bonds is 9. The number of anilines is 1. The predicted octanol–water partition coefficient (Wildman–Crippen LogP) is 3.95. The van der Waals surface area contributed by atoms with Crippen LogP contribution in [0.2, 0.25) is 25.7 Å². The smallest absolute Gasteiger partial charge is 0.211 e. The molecule has 0 aromatic carbocycles. The topological polar surface area (TPSA) is 102 Å². The van der Waals surface area contributed by atoms with Gasteiger partial charge in [-0.05, 0) is 44.0 Å². The lowest BCUT2D eigenvalue weighted by molar-refractivity contribution is 0.0899. The van der Waals surface area contributed by atoms with Crippen molar-refractivity contribution in [1.29, 1.82) is 0 Å². The van der Waals surface area contributed by atoms with Crippen molar-refractivity contribution >= 4 is 35.1 Å². The standard InChI is InChI=1S/C24H36N6O3SSi/c1-18-8-9-20(23(26-18)27-19-7-6-11-30(16-19)34(2,31)32)22-15-25-24-21(28-22)10-12-29(24)17-33-13-14-35(3,4)5/h8-10,12,15,19H,6-7,11,13-14,16-17H2,1-5H3,(H,26,27). The summed E-state index contributed by atoms with van der Waals surface area (Å²) in [5, 5.41) is 3.48. The maximum Gasteiger partial charge on any atom is 0.211 e. The van der Waals surface area contributed by atoms with Crippen molar-refractivity contribution in [2.45, 2.75) is 58.2 Å². The van der Waals surface area contributed by atoms with Gasteiger partial charge in [0, 0.05) is 51.3 Å². The van der Waals surface area contributed by atoms with Crippen LogP contribution >= 0.6 is 0 Å². The lowest BCUT2D eigenvalue weighted by Gasteiger charge is -2.32. The minimum absolute atomic E-state index is 0.0161. The largest absolute Gasteiger partial charge is 0.365 e. The van der Waals surface area contributed by atoms with Gasteiger partial charge in [-0.25, -0.2) is 27.7 Å². The fourth-order valence-electron chi connectivity index (χ4n) is 4.16. The van der Waals surface area contributed by atoms with E-state index in [2.05, 4.69) is 29.9 Å². The number of fused-ring (bicyclic) bond motifs is 1. The van der Waals surface area contributed by atoms with Crippen LogP contribution in [0.5, 0.6) is 0 Å². The number of hydrogen-bond acceptors (Lipinski definition) is 7. The molecule has 0 aliphatic carbocycles. The van der Waals surface area contributed by atoms with E-state index in [-0.39, 0.29) is 6.04 Å². The molecule has 1 atom stereocenters. The van der Waals surface area contributed by atoms with Crippen molar-refractivity contribution in [3.8, 4) is 11.3 Å². The summed E-state index contributed by atoms with van der Waals surface area (Å²) in [6.07, 6.45) is 6.68. The highest BCUT2D eigenvalue weighted by atomic mass is 32.2. The summed E-state index contributed by atoms with van der Waals surface area (Å²) < 4.78 is 33.5. The number of ether oxygens (including phenoxy) is 1. The third kappa shape index (κ3) is 6.66.